The minimum absolute atomic E-state index is 0.0961. The summed E-state index contributed by atoms with van der Waals surface area (Å²) in [5.41, 5.74) is 5.57. The van der Waals surface area contributed by atoms with Crippen LogP contribution in [0.15, 0.2) is 30.3 Å². The van der Waals surface area contributed by atoms with Crippen molar-refractivity contribution < 1.29 is 9.13 Å². The number of hydrogen-bond donors (Lipinski definition) is 0. The van der Waals surface area contributed by atoms with E-state index in [4.69, 9.17) is 4.74 Å². The van der Waals surface area contributed by atoms with E-state index in [2.05, 4.69) is 59.7 Å². The molecule has 0 aliphatic heterocycles. The Balaban J connectivity index is 1.74. The van der Waals surface area contributed by atoms with Gasteiger partial charge >= 0.3 is 0 Å². The molecule has 1 nitrogen and oxygen atoms in total. The van der Waals surface area contributed by atoms with Gasteiger partial charge in [0.2, 0.25) is 0 Å². The molecule has 1 fully saturated rings. The number of halogens is 1. The van der Waals surface area contributed by atoms with Crippen molar-refractivity contribution in [2.24, 2.45) is 17.3 Å². The molecule has 36 heavy (non-hydrogen) atoms. The fraction of sp³-hybridized carbons (Fsp3) is 0.647. The molecule has 2 aromatic carbocycles. The quantitative estimate of drug-likeness (QED) is 0.269. The van der Waals surface area contributed by atoms with E-state index >= 15 is 4.39 Å². The SMILES string of the molecule is CCc1cc(-c2ccc(CCC3CCC(C)CC3)cc2F)cc(CC)c1OCCC(CC)(CC)CC. The Hall–Kier alpha value is -1.83. The van der Waals surface area contributed by atoms with E-state index in [1.54, 1.807) is 6.07 Å². The van der Waals surface area contributed by atoms with E-state index in [9.17, 15) is 0 Å². The molecule has 0 N–H and O–H groups in total. The van der Waals surface area contributed by atoms with E-state index < -0.39 is 0 Å². The minimum atomic E-state index is -0.0961. The predicted molar refractivity (Wildman–Crippen MR) is 153 cm³/mol. The first-order valence-corrected chi connectivity index (χ1v) is 15.0. The highest BCUT2D eigenvalue weighted by Gasteiger charge is 2.24. The molecule has 0 amide bonds. The largest absolute Gasteiger partial charge is 0.493 e. The maximum Gasteiger partial charge on any atom is 0.131 e. The van der Waals surface area contributed by atoms with Crippen LogP contribution >= 0.6 is 0 Å². The molecule has 0 atom stereocenters. The van der Waals surface area contributed by atoms with Crippen LogP contribution in [0.4, 0.5) is 4.39 Å². The predicted octanol–water partition coefficient (Wildman–Crippen LogP) is 10.4. The first-order chi connectivity index (χ1) is 17.4. The maximum atomic E-state index is 15.3. The highest BCUT2D eigenvalue weighted by atomic mass is 19.1. The first-order valence-electron chi connectivity index (χ1n) is 15.0. The number of benzene rings is 2. The molecule has 1 aliphatic carbocycles. The Morgan fingerprint density at radius 2 is 1.47 bits per heavy atom. The molecule has 0 saturated heterocycles. The van der Waals surface area contributed by atoms with Crippen molar-refractivity contribution in [2.45, 2.75) is 119 Å². The molecule has 200 valence electrons. The van der Waals surface area contributed by atoms with Gasteiger partial charge in [-0.25, -0.2) is 4.39 Å². The van der Waals surface area contributed by atoms with Gasteiger partial charge in [-0.2, -0.15) is 0 Å². The third kappa shape index (κ3) is 7.14. The van der Waals surface area contributed by atoms with E-state index in [1.807, 2.05) is 6.07 Å². The van der Waals surface area contributed by atoms with Gasteiger partial charge in [-0.1, -0.05) is 98.6 Å². The van der Waals surface area contributed by atoms with Crippen LogP contribution in [0.3, 0.4) is 0 Å². The van der Waals surface area contributed by atoms with Crippen molar-refractivity contribution in [3.05, 3.63) is 52.8 Å². The summed E-state index contributed by atoms with van der Waals surface area (Å²) in [5, 5.41) is 0. The summed E-state index contributed by atoms with van der Waals surface area (Å²) in [6, 6.07) is 10.2. The van der Waals surface area contributed by atoms with Gasteiger partial charge < -0.3 is 4.74 Å². The molecule has 3 rings (SSSR count). The molecule has 0 heterocycles. The molecule has 1 saturated carbocycles. The van der Waals surface area contributed by atoms with Gasteiger partial charge in [0.15, 0.2) is 0 Å². The smallest absolute Gasteiger partial charge is 0.131 e. The van der Waals surface area contributed by atoms with Crippen LogP contribution in [0.1, 0.15) is 116 Å². The van der Waals surface area contributed by atoms with Gasteiger partial charge in [0.1, 0.15) is 11.6 Å². The van der Waals surface area contributed by atoms with Gasteiger partial charge in [0.25, 0.3) is 0 Å². The second-order valence-corrected chi connectivity index (χ2v) is 11.5. The zero-order valence-electron chi connectivity index (χ0n) is 24.0. The van der Waals surface area contributed by atoms with Crippen LogP contribution in [-0.4, -0.2) is 6.61 Å². The third-order valence-electron chi connectivity index (χ3n) is 9.45. The van der Waals surface area contributed by atoms with Crippen LogP contribution < -0.4 is 4.74 Å². The Kier molecular flexibility index (Phi) is 10.9. The van der Waals surface area contributed by atoms with Crippen molar-refractivity contribution >= 4 is 0 Å². The third-order valence-corrected chi connectivity index (χ3v) is 9.45. The van der Waals surface area contributed by atoms with Gasteiger partial charge in [-0.05, 0) is 89.8 Å². The fourth-order valence-electron chi connectivity index (χ4n) is 6.21. The van der Waals surface area contributed by atoms with Crippen molar-refractivity contribution in [1.29, 1.82) is 0 Å². The summed E-state index contributed by atoms with van der Waals surface area (Å²) in [6.45, 7) is 14.4. The van der Waals surface area contributed by atoms with E-state index in [1.165, 1.54) is 62.5 Å². The van der Waals surface area contributed by atoms with Crippen molar-refractivity contribution in [3.63, 3.8) is 0 Å². The average molecular weight is 495 g/mol. The summed E-state index contributed by atoms with van der Waals surface area (Å²) >= 11 is 0. The topological polar surface area (TPSA) is 9.23 Å². The van der Waals surface area contributed by atoms with Crippen LogP contribution in [0, 0.1) is 23.1 Å². The van der Waals surface area contributed by atoms with Crippen LogP contribution in [-0.2, 0) is 19.3 Å². The average Bonchev–Trinajstić information content (AvgIpc) is 2.91. The Bertz CT molecular complexity index is 916. The zero-order valence-corrected chi connectivity index (χ0v) is 24.0. The molecule has 1 aliphatic rings. The Labute approximate surface area is 221 Å². The molecule has 0 radical (unpaired) electrons. The highest BCUT2D eigenvalue weighted by molar-refractivity contribution is 5.68. The van der Waals surface area contributed by atoms with Crippen LogP contribution in [0.25, 0.3) is 11.1 Å². The fourth-order valence-corrected chi connectivity index (χ4v) is 6.21. The minimum Gasteiger partial charge on any atom is -0.493 e. The summed E-state index contributed by atoms with van der Waals surface area (Å²) in [6.07, 6.45) is 14.0. The van der Waals surface area contributed by atoms with E-state index in [-0.39, 0.29) is 5.82 Å². The van der Waals surface area contributed by atoms with Crippen LogP contribution in [0.2, 0.25) is 0 Å². The molecule has 0 bridgehead atoms. The first kappa shape index (κ1) is 28.7. The van der Waals surface area contributed by atoms with E-state index in [0.717, 1.165) is 61.0 Å². The van der Waals surface area contributed by atoms with Crippen molar-refractivity contribution in [2.75, 3.05) is 6.61 Å². The second-order valence-electron chi connectivity index (χ2n) is 11.5. The molecule has 0 aromatic heterocycles. The molecule has 2 aromatic rings. The van der Waals surface area contributed by atoms with Gasteiger partial charge in [0, 0.05) is 5.56 Å². The monoisotopic (exact) mass is 494 g/mol. The van der Waals surface area contributed by atoms with Gasteiger partial charge in [-0.15, -0.1) is 0 Å². The molecule has 2 heteroatoms. The number of rotatable bonds is 13. The standard InChI is InChI=1S/C34H51FO/c1-7-28-23-30(24-29(8-2)33(28)36-21-20-34(9-3,10-4)11-5)31-19-18-27(22-32(31)35)17-16-26-14-12-25(6)13-15-26/h18-19,22-26H,7-17,20-21H2,1-6H3. The summed E-state index contributed by atoms with van der Waals surface area (Å²) in [7, 11) is 0. The lowest BCUT2D eigenvalue weighted by atomic mass is 9.77. The number of ether oxygens (including phenoxy) is 1. The maximum absolute atomic E-state index is 15.3. The second kappa shape index (κ2) is 13.6. The molecule has 0 unspecified atom stereocenters. The number of hydrogen-bond acceptors (Lipinski definition) is 1. The van der Waals surface area contributed by atoms with Crippen molar-refractivity contribution in [3.8, 4) is 16.9 Å². The Morgan fingerprint density at radius 3 is 2.00 bits per heavy atom. The van der Waals surface area contributed by atoms with E-state index in [0.29, 0.717) is 11.0 Å². The number of aryl methyl sites for hydroxylation is 3. The van der Waals surface area contributed by atoms with Gasteiger partial charge in [0.05, 0.1) is 6.61 Å². The normalized spacial score (nSPS) is 18.4. The van der Waals surface area contributed by atoms with Crippen molar-refractivity contribution in [1.82, 2.24) is 0 Å². The zero-order chi connectivity index (χ0) is 26.1. The molecule has 0 spiro atoms. The van der Waals surface area contributed by atoms with Crippen LogP contribution in [0.5, 0.6) is 5.75 Å². The lowest BCUT2D eigenvalue weighted by Gasteiger charge is -2.30. The lowest BCUT2D eigenvalue weighted by Crippen LogP contribution is -2.21. The molecular weight excluding hydrogens is 443 g/mol. The molecular formula is C34H51FO. The lowest BCUT2D eigenvalue weighted by molar-refractivity contribution is 0.172. The summed E-state index contributed by atoms with van der Waals surface area (Å²) in [5.74, 6) is 2.63. The highest BCUT2D eigenvalue weighted by Crippen LogP contribution is 2.37. The summed E-state index contributed by atoms with van der Waals surface area (Å²) in [4.78, 5) is 0. The Morgan fingerprint density at radius 1 is 0.861 bits per heavy atom. The van der Waals surface area contributed by atoms with Gasteiger partial charge in [-0.3, -0.25) is 0 Å². The summed E-state index contributed by atoms with van der Waals surface area (Å²) < 4.78 is 21.8.